The fraction of sp³-hybridized carbons (Fsp3) is 0.667. The average Bonchev–Trinajstić information content (AvgIpc) is 3.10. The quantitative estimate of drug-likeness (QED) is 0.825. The molecule has 3 N–H and O–H groups in total. The van der Waals surface area contributed by atoms with Gasteiger partial charge in [0.05, 0.1) is 12.1 Å². The molecule has 1 aliphatic heterocycles. The lowest BCUT2D eigenvalue weighted by Crippen LogP contribution is -2.44. The van der Waals surface area contributed by atoms with Crippen LogP contribution in [0.1, 0.15) is 43.7 Å². The van der Waals surface area contributed by atoms with Crippen molar-refractivity contribution in [2.75, 3.05) is 19.6 Å². The molecule has 1 unspecified atom stereocenters. The molecule has 2 rings (SSSR count). The Labute approximate surface area is 144 Å². The predicted molar refractivity (Wildman–Crippen MR) is 92.8 cm³/mol. The summed E-state index contributed by atoms with van der Waals surface area (Å²) in [6, 6.07) is 3.66. The van der Waals surface area contributed by atoms with Crippen molar-refractivity contribution in [1.29, 1.82) is 0 Å². The lowest BCUT2D eigenvalue weighted by atomic mass is 10.1. The van der Waals surface area contributed by atoms with Crippen LogP contribution in [0.15, 0.2) is 16.5 Å². The maximum Gasteiger partial charge on any atom is 0.236 e. The van der Waals surface area contributed by atoms with Gasteiger partial charge in [-0.3, -0.25) is 9.69 Å². The van der Waals surface area contributed by atoms with E-state index in [0.717, 1.165) is 24.6 Å². The highest BCUT2D eigenvalue weighted by Gasteiger charge is 2.26. The Balaban J connectivity index is 0.00000220. The third kappa shape index (κ3) is 5.47. The number of aryl methyl sites for hydroxylation is 1. The van der Waals surface area contributed by atoms with Gasteiger partial charge in [0.2, 0.25) is 5.91 Å². The molecule has 1 aromatic rings. The van der Waals surface area contributed by atoms with Gasteiger partial charge < -0.3 is 15.5 Å². The summed E-state index contributed by atoms with van der Waals surface area (Å²) in [6.45, 7) is 6.52. The number of hydrogen-bond donors (Lipinski definition) is 2. The Morgan fingerprint density at radius 2 is 2.00 bits per heavy atom. The van der Waals surface area contributed by atoms with Crippen molar-refractivity contribution in [3.8, 4) is 0 Å². The van der Waals surface area contributed by atoms with E-state index in [9.17, 15) is 4.79 Å². The number of nitrogens with two attached hydrogens (primary N) is 1. The molecule has 0 saturated carbocycles. The van der Waals surface area contributed by atoms with Crippen molar-refractivity contribution in [3.63, 3.8) is 0 Å². The summed E-state index contributed by atoms with van der Waals surface area (Å²) in [4.78, 5) is 14.2. The van der Waals surface area contributed by atoms with Crippen molar-refractivity contribution in [2.24, 2.45) is 5.73 Å². The zero-order chi connectivity index (χ0) is 14.5. The number of halogens is 2. The number of hydrogen-bond acceptors (Lipinski definition) is 4. The summed E-state index contributed by atoms with van der Waals surface area (Å²) < 4.78 is 5.75. The van der Waals surface area contributed by atoms with Crippen LogP contribution < -0.4 is 11.1 Å². The van der Waals surface area contributed by atoms with Gasteiger partial charge >= 0.3 is 0 Å². The van der Waals surface area contributed by atoms with Crippen LogP contribution in [-0.4, -0.2) is 36.5 Å². The second kappa shape index (κ2) is 10.1. The van der Waals surface area contributed by atoms with E-state index in [0.29, 0.717) is 13.0 Å². The Hall–Kier alpha value is -0.750. The molecule has 0 aromatic carbocycles. The molecule has 1 aliphatic rings. The molecule has 1 saturated heterocycles. The number of amides is 1. The van der Waals surface area contributed by atoms with Crippen molar-refractivity contribution < 1.29 is 9.21 Å². The molecule has 22 heavy (non-hydrogen) atoms. The van der Waals surface area contributed by atoms with Gasteiger partial charge in [-0.1, -0.05) is 6.92 Å². The second-order valence-electron chi connectivity index (χ2n) is 5.47. The first-order valence-electron chi connectivity index (χ1n) is 7.45. The van der Waals surface area contributed by atoms with Crippen LogP contribution in [0.5, 0.6) is 0 Å². The first kappa shape index (κ1) is 21.2. The van der Waals surface area contributed by atoms with E-state index in [2.05, 4.69) is 10.2 Å². The molecule has 0 radical (unpaired) electrons. The van der Waals surface area contributed by atoms with Crippen LogP contribution in [0.2, 0.25) is 0 Å². The van der Waals surface area contributed by atoms with E-state index in [-0.39, 0.29) is 36.8 Å². The number of nitrogens with one attached hydrogen (secondary N) is 1. The minimum atomic E-state index is -0.424. The van der Waals surface area contributed by atoms with Gasteiger partial charge in [-0.15, -0.1) is 24.8 Å². The van der Waals surface area contributed by atoms with Crippen molar-refractivity contribution in [3.05, 3.63) is 23.7 Å². The Morgan fingerprint density at radius 3 is 2.50 bits per heavy atom. The van der Waals surface area contributed by atoms with Crippen molar-refractivity contribution in [1.82, 2.24) is 10.2 Å². The zero-order valence-electron chi connectivity index (χ0n) is 13.2. The van der Waals surface area contributed by atoms with Gasteiger partial charge in [-0.05, 0) is 51.4 Å². The van der Waals surface area contributed by atoms with Gasteiger partial charge in [0, 0.05) is 6.54 Å². The van der Waals surface area contributed by atoms with Crippen LogP contribution in [0.3, 0.4) is 0 Å². The van der Waals surface area contributed by atoms with Crippen LogP contribution >= 0.6 is 24.8 Å². The van der Waals surface area contributed by atoms with Crippen molar-refractivity contribution in [2.45, 2.75) is 45.2 Å². The molecular weight excluding hydrogens is 325 g/mol. The van der Waals surface area contributed by atoms with E-state index in [1.165, 1.54) is 12.8 Å². The molecule has 0 bridgehead atoms. The highest BCUT2D eigenvalue weighted by atomic mass is 35.5. The Morgan fingerprint density at radius 1 is 1.36 bits per heavy atom. The monoisotopic (exact) mass is 351 g/mol. The third-order valence-electron chi connectivity index (χ3n) is 3.92. The van der Waals surface area contributed by atoms with Crippen LogP contribution in [-0.2, 0) is 4.79 Å². The normalized spacial score (nSPS) is 17.2. The van der Waals surface area contributed by atoms with E-state index in [4.69, 9.17) is 10.2 Å². The average molecular weight is 352 g/mol. The molecule has 7 heteroatoms. The number of rotatable bonds is 6. The molecule has 1 amide bonds. The molecule has 0 aliphatic carbocycles. The first-order valence-corrected chi connectivity index (χ1v) is 7.45. The van der Waals surface area contributed by atoms with E-state index in [1.807, 2.05) is 26.0 Å². The molecule has 5 nitrogen and oxygen atoms in total. The number of likely N-dealkylation sites (tertiary alicyclic amines) is 1. The van der Waals surface area contributed by atoms with Crippen LogP contribution in [0.4, 0.5) is 0 Å². The highest BCUT2D eigenvalue weighted by Crippen LogP contribution is 2.26. The van der Waals surface area contributed by atoms with Gasteiger partial charge in [0.1, 0.15) is 11.5 Å². The van der Waals surface area contributed by atoms with Gasteiger partial charge in [0.25, 0.3) is 0 Å². The molecular formula is C15H27Cl2N3O2. The van der Waals surface area contributed by atoms with E-state index in [1.54, 1.807) is 0 Å². The minimum Gasteiger partial charge on any atom is -0.465 e. The maximum atomic E-state index is 11.8. The molecule has 1 fully saturated rings. The molecule has 2 heterocycles. The van der Waals surface area contributed by atoms with E-state index < -0.39 is 6.04 Å². The summed E-state index contributed by atoms with van der Waals surface area (Å²) in [7, 11) is 0. The van der Waals surface area contributed by atoms with E-state index >= 15 is 0 Å². The van der Waals surface area contributed by atoms with Crippen molar-refractivity contribution >= 4 is 30.7 Å². The zero-order valence-corrected chi connectivity index (χ0v) is 14.8. The topological polar surface area (TPSA) is 71.5 Å². The van der Waals surface area contributed by atoms with Crippen LogP contribution in [0.25, 0.3) is 0 Å². The SMILES string of the molecule is CC[C@H](N)C(=O)NCC(c1ccc(C)o1)N1CCCC1.Cl.Cl. The largest absolute Gasteiger partial charge is 0.465 e. The molecule has 2 atom stereocenters. The summed E-state index contributed by atoms with van der Waals surface area (Å²) in [5.41, 5.74) is 5.75. The lowest BCUT2D eigenvalue weighted by Gasteiger charge is -2.26. The van der Waals surface area contributed by atoms with Crippen LogP contribution in [0, 0.1) is 6.92 Å². The Kier molecular flexibility index (Phi) is 9.76. The first-order chi connectivity index (χ1) is 9.61. The predicted octanol–water partition coefficient (Wildman–Crippen LogP) is 2.42. The number of furan rings is 1. The smallest absolute Gasteiger partial charge is 0.236 e. The van der Waals surface area contributed by atoms with Gasteiger partial charge in [-0.2, -0.15) is 0 Å². The number of nitrogens with zero attached hydrogens (tertiary/aromatic N) is 1. The summed E-state index contributed by atoms with van der Waals surface area (Å²) >= 11 is 0. The Bertz CT molecular complexity index is 448. The second-order valence-corrected chi connectivity index (χ2v) is 5.47. The van der Waals surface area contributed by atoms with Gasteiger partial charge in [-0.25, -0.2) is 0 Å². The highest BCUT2D eigenvalue weighted by molar-refractivity contribution is 5.85. The fourth-order valence-corrected chi connectivity index (χ4v) is 2.61. The number of carbonyl (C=O) groups is 1. The van der Waals surface area contributed by atoms with Gasteiger partial charge in [0.15, 0.2) is 0 Å². The number of carbonyl (C=O) groups excluding carboxylic acids is 1. The summed E-state index contributed by atoms with van der Waals surface area (Å²) in [5, 5.41) is 2.95. The standard InChI is InChI=1S/C15H25N3O2.2ClH/c1-3-12(16)15(19)17-10-13(18-8-4-5-9-18)14-7-6-11(2)20-14;;/h6-7,12-13H,3-5,8-10,16H2,1-2H3,(H,17,19);2*1H/t12-,13?;;/m0../s1. The third-order valence-corrected chi connectivity index (χ3v) is 3.92. The lowest BCUT2D eigenvalue weighted by molar-refractivity contribution is -0.122. The maximum absolute atomic E-state index is 11.8. The molecule has 128 valence electrons. The fourth-order valence-electron chi connectivity index (χ4n) is 2.61. The molecule has 1 aromatic heterocycles. The minimum absolute atomic E-state index is 0. The summed E-state index contributed by atoms with van der Waals surface area (Å²) in [5.74, 6) is 1.75. The summed E-state index contributed by atoms with van der Waals surface area (Å²) in [6.07, 6.45) is 3.07. The molecule has 0 spiro atoms.